The molecule has 2 rings (SSSR count). The first-order chi connectivity index (χ1) is 13.5. The second-order valence-corrected chi connectivity index (χ2v) is 6.97. The molecule has 1 heterocycles. The molecule has 152 valence electrons. The highest BCUT2D eigenvalue weighted by molar-refractivity contribution is 5.91. The third kappa shape index (κ3) is 5.24. The second kappa shape index (κ2) is 10.7. The Morgan fingerprint density at radius 3 is 2.57 bits per heavy atom. The van der Waals surface area contributed by atoms with Crippen LogP contribution in [0.2, 0.25) is 0 Å². The maximum absolute atomic E-state index is 12.3. The van der Waals surface area contributed by atoms with Gasteiger partial charge in [0.1, 0.15) is 5.75 Å². The average Bonchev–Trinajstić information content (AvgIpc) is 3.00. The van der Waals surface area contributed by atoms with Gasteiger partial charge in [-0.15, -0.1) is 0 Å². The molecule has 0 aliphatic heterocycles. The zero-order valence-electron chi connectivity index (χ0n) is 17.5. The third-order valence-corrected chi connectivity index (χ3v) is 4.84. The van der Waals surface area contributed by atoms with Gasteiger partial charge in [-0.3, -0.25) is 0 Å². The molecule has 0 saturated heterocycles. The maximum atomic E-state index is 12.3. The number of carbonyl (C=O) groups excluding carboxylic acids is 1. The molecule has 0 aliphatic carbocycles. The van der Waals surface area contributed by atoms with Crippen molar-refractivity contribution in [2.24, 2.45) is 5.10 Å². The Hall–Kier alpha value is -2.56. The van der Waals surface area contributed by atoms with Gasteiger partial charge < -0.3 is 9.84 Å². The molecule has 0 radical (unpaired) electrons. The number of phenolic OH excluding ortho intramolecular Hbond substituents is 1. The zero-order valence-corrected chi connectivity index (χ0v) is 17.5. The molecule has 1 aromatic heterocycles. The fourth-order valence-corrected chi connectivity index (χ4v) is 3.18. The van der Waals surface area contributed by atoms with Crippen molar-refractivity contribution in [3.05, 3.63) is 52.3 Å². The Morgan fingerprint density at radius 1 is 1.18 bits per heavy atom. The molecule has 0 bridgehead atoms. The van der Waals surface area contributed by atoms with Gasteiger partial charge in [-0.2, -0.15) is 5.10 Å². The van der Waals surface area contributed by atoms with Crippen molar-refractivity contribution in [1.82, 2.24) is 4.68 Å². The number of ether oxygens (including phenoxy) is 1. The Bertz CT molecular complexity index is 821. The summed E-state index contributed by atoms with van der Waals surface area (Å²) >= 11 is 0. The number of carbonyl (C=O) groups is 1. The minimum atomic E-state index is -0.323. The summed E-state index contributed by atoms with van der Waals surface area (Å²) < 4.78 is 6.96. The monoisotopic (exact) mass is 384 g/mol. The number of nitrogens with zero attached hydrogens (tertiary/aromatic N) is 2. The largest absolute Gasteiger partial charge is 0.507 e. The molecule has 0 atom stereocenters. The summed E-state index contributed by atoms with van der Waals surface area (Å²) in [5.41, 5.74) is 3.89. The number of hydrogen-bond acceptors (Lipinski definition) is 4. The van der Waals surface area contributed by atoms with Crippen molar-refractivity contribution in [3.63, 3.8) is 0 Å². The van der Waals surface area contributed by atoms with Crippen LogP contribution in [0.3, 0.4) is 0 Å². The molecule has 0 saturated carbocycles. The first-order valence-corrected chi connectivity index (χ1v) is 10.3. The lowest BCUT2D eigenvalue weighted by molar-refractivity contribution is 0.0525. The predicted molar refractivity (Wildman–Crippen MR) is 113 cm³/mol. The molecular formula is C23H32N2O3. The van der Waals surface area contributed by atoms with E-state index in [9.17, 15) is 9.90 Å². The number of esters is 1. The van der Waals surface area contributed by atoms with Crippen molar-refractivity contribution in [3.8, 4) is 5.75 Å². The third-order valence-electron chi connectivity index (χ3n) is 4.84. The Kier molecular flexibility index (Phi) is 8.30. The molecule has 0 unspecified atom stereocenters. The molecule has 28 heavy (non-hydrogen) atoms. The SMILES string of the molecule is CCCCc1cccc(/C=N/n2c(CCCC)cc(C(=O)OCC)c2C)c1O. The van der Waals surface area contributed by atoms with Crippen molar-refractivity contribution < 1.29 is 14.6 Å². The molecule has 0 spiro atoms. The van der Waals surface area contributed by atoms with E-state index in [0.29, 0.717) is 17.7 Å². The molecule has 0 aliphatic rings. The standard InChI is InChI=1S/C23H32N2O3/c1-5-8-11-18-12-10-13-19(22(18)26)16-24-25-17(4)21(23(27)28-7-3)15-20(25)14-9-6-2/h10,12-13,15-16,26H,5-9,11,14H2,1-4H3/b24-16+. The number of unbranched alkanes of at least 4 members (excludes halogenated alkanes) is 2. The number of aryl methyl sites for hydroxylation is 2. The number of rotatable bonds is 10. The topological polar surface area (TPSA) is 63.8 Å². The number of aromatic hydroxyl groups is 1. The highest BCUT2D eigenvalue weighted by atomic mass is 16.5. The first-order valence-electron chi connectivity index (χ1n) is 10.3. The molecule has 1 aromatic carbocycles. The normalized spacial score (nSPS) is 11.3. The van der Waals surface area contributed by atoms with Crippen LogP contribution in [0.15, 0.2) is 29.4 Å². The van der Waals surface area contributed by atoms with Gasteiger partial charge in [0.15, 0.2) is 0 Å². The number of benzene rings is 1. The van der Waals surface area contributed by atoms with Gasteiger partial charge in [0.05, 0.1) is 24.1 Å². The van der Waals surface area contributed by atoms with Crippen molar-refractivity contribution in [2.45, 2.75) is 66.2 Å². The Balaban J connectivity index is 2.37. The fraction of sp³-hybridized carbons (Fsp3) is 0.478. The Morgan fingerprint density at radius 2 is 1.89 bits per heavy atom. The number of phenols is 1. The van der Waals surface area contributed by atoms with Gasteiger partial charge in [-0.1, -0.05) is 38.8 Å². The molecule has 5 nitrogen and oxygen atoms in total. The Labute approximate surface area is 168 Å². The summed E-state index contributed by atoms with van der Waals surface area (Å²) in [5, 5.41) is 15.2. The lowest BCUT2D eigenvalue weighted by atomic mass is 10.0. The van der Waals surface area contributed by atoms with E-state index in [-0.39, 0.29) is 11.7 Å². The smallest absolute Gasteiger partial charge is 0.340 e. The van der Waals surface area contributed by atoms with E-state index in [1.165, 1.54) is 0 Å². The van der Waals surface area contributed by atoms with Crippen molar-refractivity contribution >= 4 is 12.2 Å². The van der Waals surface area contributed by atoms with Gasteiger partial charge in [-0.05, 0) is 57.2 Å². The van der Waals surface area contributed by atoms with Crippen LogP contribution in [0.1, 0.15) is 79.3 Å². The van der Waals surface area contributed by atoms with Crippen LogP contribution in [0, 0.1) is 6.92 Å². The summed E-state index contributed by atoms with van der Waals surface area (Å²) in [6, 6.07) is 7.62. The summed E-state index contributed by atoms with van der Waals surface area (Å²) in [4.78, 5) is 12.3. The number of hydrogen-bond donors (Lipinski definition) is 1. The average molecular weight is 385 g/mol. The van der Waals surface area contributed by atoms with E-state index in [1.807, 2.05) is 31.2 Å². The van der Waals surface area contributed by atoms with E-state index in [1.54, 1.807) is 17.8 Å². The van der Waals surface area contributed by atoms with Crippen molar-refractivity contribution in [2.75, 3.05) is 6.61 Å². The van der Waals surface area contributed by atoms with Crippen LogP contribution in [-0.2, 0) is 17.6 Å². The molecule has 0 fully saturated rings. The number of aromatic nitrogens is 1. The lowest BCUT2D eigenvalue weighted by Crippen LogP contribution is -2.06. The van der Waals surface area contributed by atoms with Gasteiger partial charge in [0.25, 0.3) is 0 Å². The van der Waals surface area contributed by atoms with E-state index in [0.717, 1.165) is 55.5 Å². The molecule has 5 heteroatoms. The second-order valence-electron chi connectivity index (χ2n) is 6.97. The minimum absolute atomic E-state index is 0.283. The van der Waals surface area contributed by atoms with Crippen LogP contribution in [0.5, 0.6) is 5.75 Å². The molecule has 0 amide bonds. The van der Waals surface area contributed by atoms with Crippen LogP contribution >= 0.6 is 0 Å². The summed E-state index contributed by atoms with van der Waals surface area (Å²) in [7, 11) is 0. The van der Waals surface area contributed by atoms with E-state index >= 15 is 0 Å². The molecular weight excluding hydrogens is 352 g/mol. The highest BCUT2D eigenvalue weighted by Crippen LogP contribution is 2.24. The van der Waals surface area contributed by atoms with Crippen LogP contribution in [-0.4, -0.2) is 28.6 Å². The predicted octanol–water partition coefficient (Wildman–Crippen LogP) is 5.25. The van der Waals surface area contributed by atoms with Crippen LogP contribution < -0.4 is 0 Å². The van der Waals surface area contributed by atoms with E-state index in [2.05, 4.69) is 18.9 Å². The number of para-hydroxylation sites is 1. The minimum Gasteiger partial charge on any atom is -0.507 e. The quantitative estimate of drug-likeness (QED) is 0.450. The van der Waals surface area contributed by atoms with Crippen LogP contribution in [0.4, 0.5) is 0 Å². The van der Waals surface area contributed by atoms with Gasteiger partial charge in [0, 0.05) is 11.3 Å². The van der Waals surface area contributed by atoms with Crippen LogP contribution in [0.25, 0.3) is 0 Å². The van der Waals surface area contributed by atoms with Gasteiger partial charge in [-0.25, -0.2) is 9.47 Å². The summed E-state index contributed by atoms with van der Waals surface area (Å²) in [6.45, 7) is 8.28. The zero-order chi connectivity index (χ0) is 20.5. The summed E-state index contributed by atoms with van der Waals surface area (Å²) in [5.74, 6) is -0.0404. The molecule has 1 N–H and O–H groups in total. The van der Waals surface area contributed by atoms with E-state index < -0.39 is 0 Å². The van der Waals surface area contributed by atoms with E-state index in [4.69, 9.17) is 4.74 Å². The summed E-state index contributed by atoms with van der Waals surface area (Å²) in [6.07, 6.45) is 7.54. The van der Waals surface area contributed by atoms with Gasteiger partial charge >= 0.3 is 5.97 Å². The highest BCUT2D eigenvalue weighted by Gasteiger charge is 2.18. The molecule has 2 aromatic rings. The lowest BCUT2D eigenvalue weighted by Gasteiger charge is -2.08. The van der Waals surface area contributed by atoms with Crippen molar-refractivity contribution in [1.29, 1.82) is 0 Å². The first kappa shape index (κ1) is 21.7. The maximum Gasteiger partial charge on any atom is 0.340 e. The van der Waals surface area contributed by atoms with Gasteiger partial charge in [0.2, 0.25) is 0 Å². The fourth-order valence-electron chi connectivity index (χ4n) is 3.18.